The van der Waals surface area contributed by atoms with E-state index in [1.54, 1.807) is 0 Å². The van der Waals surface area contributed by atoms with Crippen molar-refractivity contribution in [3.05, 3.63) is 58.9 Å². The molecule has 2 N–H and O–H groups in total. The molecular formula is C20H30ClN3O. The van der Waals surface area contributed by atoms with Crippen LogP contribution in [0.15, 0.2) is 36.4 Å². The maximum atomic E-state index is 13.0. The number of rotatable bonds is 7. The second-order valence-corrected chi connectivity index (χ2v) is 6.57. The molecule has 0 unspecified atom stereocenters. The zero-order valence-corrected chi connectivity index (χ0v) is 16.5. The summed E-state index contributed by atoms with van der Waals surface area (Å²) in [6, 6.07) is 12.6. The molecule has 0 saturated heterocycles. The maximum absolute atomic E-state index is 13.0. The van der Waals surface area contributed by atoms with Gasteiger partial charge < -0.3 is 15.2 Å². The third kappa shape index (κ3) is 5.10. The van der Waals surface area contributed by atoms with Crippen LogP contribution in [0, 0.1) is 13.8 Å². The van der Waals surface area contributed by atoms with Gasteiger partial charge in [0.25, 0.3) is 5.91 Å². The number of nitrogens with zero attached hydrogens (tertiary/aromatic N) is 2. The summed E-state index contributed by atoms with van der Waals surface area (Å²) in [6.07, 6.45) is 0.843. The summed E-state index contributed by atoms with van der Waals surface area (Å²) in [7, 11) is 0. The Morgan fingerprint density at radius 2 is 1.80 bits per heavy atom. The third-order valence-corrected chi connectivity index (χ3v) is 4.43. The van der Waals surface area contributed by atoms with Crippen LogP contribution in [0.1, 0.15) is 47.2 Å². The Hall–Kier alpha value is -1.78. The Labute approximate surface area is 157 Å². The molecule has 1 aromatic carbocycles. The highest BCUT2D eigenvalue weighted by Gasteiger charge is 2.21. The van der Waals surface area contributed by atoms with Gasteiger partial charge in [0.1, 0.15) is 0 Å². The predicted molar refractivity (Wildman–Crippen MR) is 107 cm³/mol. The van der Waals surface area contributed by atoms with Crippen molar-refractivity contribution in [2.75, 3.05) is 19.6 Å². The van der Waals surface area contributed by atoms with Crippen molar-refractivity contribution < 1.29 is 4.79 Å². The number of carbonyl (C=O) groups excluding carboxylic acids is 1. The van der Waals surface area contributed by atoms with Crippen LogP contribution >= 0.6 is 12.4 Å². The molecule has 0 fully saturated rings. The lowest BCUT2D eigenvalue weighted by Crippen LogP contribution is -2.37. The van der Waals surface area contributed by atoms with Crippen LogP contribution in [-0.4, -0.2) is 35.0 Å². The molecule has 0 spiro atoms. The minimum Gasteiger partial charge on any atom is -0.346 e. The molecule has 0 saturated carbocycles. The van der Waals surface area contributed by atoms with Gasteiger partial charge in [-0.15, -0.1) is 12.4 Å². The largest absolute Gasteiger partial charge is 0.346 e. The minimum atomic E-state index is 0. The monoisotopic (exact) mass is 363 g/mol. The van der Waals surface area contributed by atoms with E-state index in [1.807, 2.05) is 36.1 Å². The molecule has 0 aliphatic rings. The summed E-state index contributed by atoms with van der Waals surface area (Å²) < 4.78 is 2.21. The smallest absolute Gasteiger partial charge is 0.255 e. The summed E-state index contributed by atoms with van der Waals surface area (Å²) >= 11 is 0. The molecule has 5 heteroatoms. The van der Waals surface area contributed by atoms with Crippen LogP contribution in [0.3, 0.4) is 0 Å². The van der Waals surface area contributed by atoms with Gasteiger partial charge in [0.05, 0.1) is 5.56 Å². The molecule has 1 aromatic heterocycles. The standard InChI is InChI=1S/C20H29N3O.ClH/c1-15(2)23-16(3)14-19(17(23)4)20(24)22(13-11-21)12-10-18-8-6-5-7-9-18;/h5-9,14-15H,10-13,21H2,1-4H3;1H. The number of halogens is 1. The zero-order valence-electron chi connectivity index (χ0n) is 15.7. The fraction of sp³-hybridized carbons (Fsp3) is 0.450. The molecule has 0 aliphatic carbocycles. The van der Waals surface area contributed by atoms with Gasteiger partial charge in [-0.2, -0.15) is 0 Å². The van der Waals surface area contributed by atoms with E-state index in [0.717, 1.165) is 23.4 Å². The molecule has 2 rings (SSSR count). The Balaban J connectivity index is 0.00000312. The van der Waals surface area contributed by atoms with Crippen molar-refractivity contribution in [2.24, 2.45) is 5.73 Å². The second-order valence-electron chi connectivity index (χ2n) is 6.57. The van der Waals surface area contributed by atoms with Crippen molar-refractivity contribution >= 4 is 18.3 Å². The number of carbonyl (C=O) groups is 1. The highest BCUT2D eigenvalue weighted by molar-refractivity contribution is 5.95. The van der Waals surface area contributed by atoms with E-state index >= 15 is 0 Å². The Bertz CT molecular complexity index is 680. The Kier molecular flexibility index (Phi) is 8.20. The Morgan fingerprint density at radius 3 is 2.32 bits per heavy atom. The van der Waals surface area contributed by atoms with E-state index in [1.165, 1.54) is 5.56 Å². The molecule has 0 radical (unpaired) electrons. The van der Waals surface area contributed by atoms with Gasteiger partial charge in [-0.3, -0.25) is 4.79 Å². The summed E-state index contributed by atoms with van der Waals surface area (Å²) in [4.78, 5) is 14.9. The minimum absolute atomic E-state index is 0. The first-order valence-electron chi connectivity index (χ1n) is 8.67. The molecule has 0 aliphatic heterocycles. The van der Waals surface area contributed by atoms with Gasteiger partial charge in [0.15, 0.2) is 0 Å². The fourth-order valence-corrected chi connectivity index (χ4v) is 3.34. The number of amides is 1. The lowest BCUT2D eigenvalue weighted by molar-refractivity contribution is 0.0761. The first-order valence-corrected chi connectivity index (χ1v) is 8.67. The normalized spacial score (nSPS) is 10.6. The van der Waals surface area contributed by atoms with E-state index in [9.17, 15) is 4.79 Å². The van der Waals surface area contributed by atoms with Crippen molar-refractivity contribution in [3.63, 3.8) is 0 Å². The summed E-state index contributed by atoms with van der Waals surface area (Å²) in [6.45, 7) is 10.1. The van der Waals surface area contributed by atoms with Gasteiger partial charge >= 0.3 is 0 Å². The molecule has 25 heavy (non-hydrogen) atoms. The van der Waals surface area contributed by atoms with E-state index in [2.05, 4.69) is 37.5 Å². The fourth-order valence-electron chi connectivity index (χ4n) is 3.34. The van der Waals surface area contributed by atoms with Crippen molar-refractivity contribution in [2.45, 2.75) is 40.2 Å². The number of nitrogens with two attached hydrogens (primary N) is 1. The number of benzene rings is 1. The Morgan fingerprint density at radius 1 is 1.16 bits per heavy atom. The van der Waals surface area contributed by atoms with Crippen LogP contribution in [0.4, 0.5) is 0 Å². The average Bonchev–Trinajstić information content (AvgIpc) is 2.86. The third-order valence-electron chi connectivity index (χ3n) is 4.43. The maximum Gasteiger partial charge on any atom is 0.255 e. The summed E-state index contributed by atoms with van der Waals surface area (Å²) in [5.74, 6) is 0.0800. The van der Waals surface area contributed by atoms with E-state index in [4.69, 9.17) is 5.73 Å². The van der Waals surface area contributed by atoms with Crippen molar-refractivity contribution in [3.8, 4) is 0 Å². The second kappa shape index (κ2) is 9.64. The molecule has 0 bridgehead atoms. The van der Waals surface area contributed by atoms with E-state index in [-0.39, 0.29) is 18.3 Å². The van der Waals surface area contributed by atoms with Crippen LogP contribution in [0.2, 0.25) is 0 Å². The molecular weight excluding hydrogens is 334 g/mol. The highest BCUT2D eigenvalue weighted by atomic mass is 35.5. The van der Waals surface area contributed by atoms with E-state index < -0.39 is 0 Å². The zero-order chi connectivity index (χ0) is 17.7. The summed E-state index contributed by atoms with van der Waals surface area (Å²) in [5.41, 5.74) is 9.93. The van der Waals surface area contributed by atoms with E-state index in [0.29, 0.717) is 25.7 Å². The lowest BCUT2D eigenvalue weighted by Gasteiger charge is -2.22. The van der Waals surface area contributed by atoms with Crippen LogP contribution in [0.5, 0.6) is 0 Å². The summed E-state index contributed by atoms with van der Waals surface area (Å²) in [5, 5.41) is 0. The molecule has 4 nitrogen and oxygen atoms in total. The van der Waals surface area contributed by atoms with Gasteiger partial charge in [-0.25, -0.2) is 0 Å². The number of hydrogen-bond donors (Lipinski definition) is 1. The van der Waals surface area contributed by atoms with Gasteiger partial charge in [0.2, 0.25) is 0 Å². The first kappa shape index (κ1) is 21.3. The SMILES string of the molecule is Cc1cc(C(=O)N(CCN)CCc2ccccc2)c(C)n1C(C)C.Cl. The van der Waals surface area contributed by atoms with Crippen LogP contribution in [0.25, 0.3) is 0 Å². The molecule has 2 aromatic rings. The number of aryl methyl sites for hydroxylation is 1. The first-order chi connectivity index (χ1) is 11.5. The topological polar surface area (TPSA) is 51.3 Å². The highest BCUT2D eigenvalue weighted by Crippen LogP contribution is 2.21. The molecule has 1 amide bonds. The van der Waals surface area contributed by atoms with Crippen LogP contribution in [-0.2, 0) is 6.42 Å². The quantitative estimate of drug-likeness (QED) is 0.814. The van der Waals surface area contributed by atoms with Crippen LogP contribution < -0.4 is 5.73 Å². The molecule has 1 heterocycles. The average molecular weight is 364 g/mol. The molecule has 0 atom stereocenters. The van der Waals surface area contributed by atoms with Gasteiger partial charge in [-0.1, -0.05) is 30.3 Å². The number of aromatic nitrogens is 1. The van der Waals surface area contributed by atoms with Crippen molar-refractivity contribution in [1.29, 1.82) is 0 Å². The van der Waals surface area contributed by atoms with Crippen molar-refractivity contribution in [1.82, 2.24) is 9.47 Å². The van der Waals surface area contributed by atoms with Gasteiger partial charge in [0, 0.05) is 37.1 Å². The van der Waals surface area contributed by atoms with Gasteiger partial charge in [-0.05, 0) is 45.7 Å². The predicted octanol–water partition coefficient (Wildman–Crippen LogP) is 3.75. The molecule has 138 valence electrons. The lowest BCUT2D eigenvalue weighted by atomic mass is 10.1. The number of hydrogen-bond acceptors (Lipinski definition) is 2.